The zero-order valence-electron chi connectivity index (χ0n) is 17.2. The first-order valence-electron chi connectivity index (χ1n) is 9.63. The summed E-state index contributed by atoms with van der Waals surface area (Å²) < 4.78 is 4.96. The fourth-order valence-corrected chi connectivity index (χ4v) is 2.54. The van der Waals surface area contributed by atoms with Crippen LogP contribution in [0.25, 0.3) is 0 Å². The average molecular weight is 414 g/mol. The number of thiazole rings is 1. The van der Waals surface area contributed by atoms with Crippen LogP contribution in [0.5, 0.6) is 0 Å². The van der Waals surface area contributed by atoms with Crippen molar-refractivity contribution >= 4 is 17.4 Å². The van der Waals surface area contributed by atoms with Crippen molar-refractivity contribution in [3.8, 4) is 0 Å². The Morgan fingerprint density at radius 3 is 2.00 bits per heavy atom. The molecule has 2 aromatic carbocycles. The lowest BCUT2D eigenvalue weighted by molar-refractivity contribution is 0.140. The molecule has 3 rings (SSSR count). The van der Waals surface area contributed by atoms with Gasteiger partial charge in [0.05, 0.1) is 10.4 Å². The highest BCUT2D eigenvalue weighted by Crippen LogP contribution is 2.06. The van der Waals surface area contributed by atoms with Crippen LogP contribution in [-0.4, -0.2) is 24.2 Å². The van der Waals surface area contributed by atoms with E-state index < -0.39 is 0 Å². The normalized spacial score (nSPS) is 9.34. The number of rotatable bonds is 6. The van der Waals surface area contributed by atoms with E-state index in [1.165, 1.54) is 22.5 Å². The van der Waals surface area contributed by atoms with Crippen molar-refractivity contribution < 1.29 is 9.53 Å². The Labute approximate surface area is 178 Å². The molecule has 0 aliphatic carbocycles. The van der Waals surface area contributed by atoms with Crippen molar-refractivity contribution in [2.75, 3.05) is 13.1 Å². The standard InChI is InChI=1S/C9H15N3O2S.2C7H8/c10-3-1-2-4-12-9(13)14-6-8-5-11-7-15-8;2*1-7-5-3-2-4-6-7/h5,7H,1-4,6,10H2,(H,12,13);2*2-6H,1H3. The number of benzene rings is 2. The van der Waals surface area contributed by atoms with Gasteiger partial charge < -0.3 is 15.8 Å². The van der Waals surface area contributed by atoms with Gasteiger partial charge >= 0.3 is 6.09 Å². The van der Waals surface area contributed by atoms with Crippen LogP contribution in [0.2, 0.25) is 0 Å². The van der Waals surface area contributed by atoms with Crippen molar-refractivity contribution in [3.05, 3.63) is 88.4 Å². The Morgan fingerprint density at radius 2 is 1.59 bits per heavy atom. The highest BCUT2D eigenvalue weighted by Gasteiger charge is 2.02. The predicted octanol–water partition coefficient (Wildman–Crippen LogP) is 5.10. The van der Waals surface area contributed by atoms with Crippen LogP contribution in [0.3, 0.4) is 0 Å². The first kappa shape index (κ1) is 24.3. The number of ether oxygens (including phenoxy) is 1. The summed E-state index contributed by atoms with van der Waals surface area (Å²) in [5.41, 5.74) is 9.67. The largest absolute Gasteiger partial charge is 0.444 e. The Hall–Kier alpha value is -2.70. The summed E-state index contributed by atoms with van der Waals surface area (Å²) in [4.78, 5) is 15.9. The molecule has 1 heterocycles. The Balaban J connectivity index is 0.000000248. The van der Waals surface area contributed by atoms with Gasteiger partial charge in [0.15, 0.2) is 0 Å². The van der Waals surface area contributed by atoms with E-state index in [-0.39, 0.29) is 12.7 Å². The summed E-state index contributed by atoms with van der Waals surface area (Å²) in [5.74, 6) is 0. The molecule has 0 fully saturated rings. The molecule has 156 valence electrons. The van der Waals surface area contributed by atoms with Gasteiger partial charge in [-0.05, 0) is 33.2 Å². The van der Waals surface area contributed by atoms with Gasteiger partial charge in [-0.2, -0.15) is 0 Å². The van der Waals surface area contributed by atoms with E-state index in [0.29, 0.717) is 13.1 Å². The van der Waals surface area contributed by atoms with Crippen LogP contribution in [0.1, 0.15) is 28.8 Å². The maximum absolute atomic E-state index is 11.1. The molecule has 0 unspecified atom stereocenters. The molecule has 6 heteroatoms. The number of nitrogens with one attached hydrogen (secondary N) is 1. The van der Waals surface area contributed by atoms with Crippen LogP contribution in [0.4, 0.5) is 4.79 Å². The summed E-state index contributed by atoms with van der Waals surface area (Å²) in [6.45, 7) is 5.71. The quantitative estimate of drug-likeness (QED) is 0.551. The molecule has 3 N–H and O–H groups in total. The van der Waals surface area contributed by atoms with E-state index in [1.54, 1.807) is 11.7 Å². The van der Waals surface area contributed by atoms with Gasteiger partial charge in [0.1, 0.15) is 6.61 Å². The lowest BCUT2D eigenvalue weighted by Gasteiger charge is -2.04. The van der Waals surface area contributed by atoms with Crippen LogP contribution >= 0.6 is 11.3 Å². The van der Waals surface area contributed by atoms with Crippen molar-refractivity contribution in [1.29, 1.82) is 0 Å². The monoisotopic (exact) mass is 413 g/mol. The number of aryl methyl sites for hydroxylation is 2. The number of carbonyl (C=O) groups is 1. The fourth-order valence-electron chi connectivity index (χ4n) is 2.03. The van der Waals surface area contributed by atoms with E-state index in [2.05, 4.69) is 48.4 Å². The zero-order valence-corrected chi connectivity index (χ0v) is 18.0. The van der Waals surface area contributed by atoms with Gasteiger partial charge in [-0.15, -0.1) is 11.3 Å². The molecule has 0 aliphatic heterocycles. The molecule has 29 heavy (non-hydrogen) atoms. The van der Waals surface area contributed by atoms with Crippen LogP contribution < -0.4 is 11.1 Å². The smallest absolute Gasteiger partial charge is 0.407 e. The SMILES string of the molecule is Cc1ccccc1.Cc1ccccc1.NCCCCNC(=O)OCc1cncs1. The number of amides is 1. The number of nitrogens with zero attached hydrogens (tertiary/aromatic N) is 1. The minimum absolute atomic E-state index is 0.285. The molecule has 1 aromatic heterocycles. The number of alkyl carbamates (subject to hydrolysis) is 1. The fraction of sp³-hybridized carbons (Fsp3) is 0.304. The minimum Gasteiger partial charge on any atom is -0.444 e. The summed E-state index contributed by atoms with van der Waals surface area (Å²) in [6.07, 6.45) is 3.09. The number of nitrogens with two attached hydrogens (primary N) is 1. The Morgan fingerprint density at radius 1 is 1.00 bits per heavy atom. The van der Waals surface area contributed by atoms with Crippen LogP contribution in [-0.2, 0) is 11.3 Å². The van der Waals surface area contributed by atoms with Crippen molar-refractivity contribution in [2.24, 2.45) is 5.73 Å². The summed E-state index contributed by atoms with van der Waals surface area (Å²) >= 11 is 1.46. The van der Waals surface area contributed by atoms with Gasteiger partial charge in [-0.3, -0.25) is 4.98 Å². The Bertz CT molecular complexity index is 713. The highest BCUT2D eigenvalue weighted by atomic mass is 32.1. The molecule has 3 aromatic rings. The number of aromatic nitrogens is 1. The topological polar surface area (TPSA) is 77.2 Å². The molecule has 0 bridgehead atoms. The summed E-state index contributed by atoms with van der Waals surface area (Å²) in [6, 6.07) is 20.5. The second-order valence-electron chi connectivity index (χ2n) is 6.28. The first-order chi connectivity index (χ1) is 14.1. The van der Waals surface area contributed by atoms with Gasteiger partial charge in [-0.1, -0.05) is 71.8 Å². The van der Waals surface area contributed by atoms with E-state index >= 15 is 0 Å². The molecule has 0 saturated heterocycles. The van der Waals surface area contributed by atoms with E-state index in [0.717, 1.165) is 17.7 Å². The molecule has 0 saturated carbocycles. The lowest BCUT2D eigenvalue weighted by Crippen LogP contribution is -2.25. The third kappa shape index (κ3) is 14.0. The van der Waals surface area contributed by atoms with E-state index in [9.17, 15) is 4.79 Å². The third-order valence-corrected chi connectivity index (χ3v) is 4.36. The maximum Gasteiger partial charge on any atom is 0.407 e. The molecule has 5 nitrogen and oxygen atoms in total. The Kier molecular flexibility index (Phi) is 13.7. The molecule has 0 aliphatic rings. The first-order valence-corrected chi connectivity index (χ1v) is 10.5. The summed E-state index contributed by atoms with van der Waals surface area (Å²) in [7, 11) is 0. The number of carbonyl (C=O) groups excluding carboxylic acids is 1. The van der Waals surface area contributed by atoms with E-state index in [4.69, 9.17) is 10.5 Å². The second kappa shape index (κ2) is 16.3. The minimum atomic E-state index is -0.388. The molecular formula is C23H31N3O2S. The third-order valence-electron chi connectivity index (χ3n) is 3.61. The van der Waals surface area contributed by atoms with Crippen molar-refractivity contribution in [2.45, 2.75) is 33.3 Å². The van der Waals surface area contributed by atoms with Crippen molar-refractivity contribution in [1.82, 2.24) is 10.3 Å². The second-order valence-corrected chi connectivity index (χ2v) is 7.25. The zero-order chi connectivity index (χ0) is 21.2. The van der Waals surface area contributed by atoms with Gasteiger partial charge in [0.2, 0.25) is 0 Å². The maximum atomic E-state index is 11.1. The molecule has 1 amide bonds. The summed E-state index contributed by atoms with van der Waals surface area (Å²) in [5, 5.41) is 2.65. The van der Waals surface area contributed by atoms with Gasteiger partial charge in [0.25, 0.3) is 0 Å². The van der Waals surface area contributed by atoms with Crippen LogP contribution in [0, 0.1) is 13.8 Å². The highest BCUT2D eigenvalue weighted by molar-refractivity contribution is 7.09. The molecule has 0 atom stereocenters. The van der Waals surface area contributed by atoms with E-state index in [1.807, 2.05) is 36.4 Å². The average Bonchev–Trinajstić information content (AvgIpc) is 3.26. The number of unbranched alkanes of at least 4 members (excludes halogenated alkanes) is 1. The molecule has 0 spiro atoms. The van der Waals surface area contributed by atoms with Gasteiger partial charge in [-0.25, -0.2) is 4.79 Å². The molecule has 0 radical (unpaired) electrons. The predicted molar refractivity (Wildman–Crippen MR) is 121 cm³/mol. The number of hydrogen-bond donors (Lipinski definition) is 2. The van der Waals surface area contributed by atoms with Gasteiger partial charge in [0, 0.05) is 12.7 Å². The number of hydrogen-bond acceptors (Lipinski definition) is 5. The molecular weight excluding hydrogens is 382 g/mol. The van der Waals surface area contributed by atoms with Crippen LogP contribution in [0.15, 0.2) is 72.4 Å². The van der Waals surface area contributed by atoms with Crippen molar-refractivity contribution in [3.63, 3.8) is 0 Å². The lowest BCUT2D eigenvalue weighted by atomic mass is 10.2.